The smallest absolute Gasteiger partial charge is 0.406 e. The van der Waals surface area contributed by atoms with E-state index >= 15 is 0 Å². The van der Waals surface area contributed by atoms with Gasteiger partial charge in [-0.25, -0.2) is 18.1 Å². The molecule has 0 radical (unpaired) electrons. The number of methoxy groups -OCH3 is 1. The molecular weight excluding hydrogens is 616 g/mol. The standard InChI is InChI=1S/C28H21F6N5O4S/c1-17-36-26(27(29,30)31)15-38(17)23-11-8-20(19-4-3-5-22(12-19)44(40,41)16-42-2)13-24(23)39-25(14-35-37-39)18-6-9-21(10-7-18)43-28(32,33)34/h3-15H,16H2,1-2H3. The highest BCUT2D eigenvalue weighted by atomic mass is 32.2. The molecule has 0 amide bonds. The van der Waals surface area contributed by atoms with Crippen molar-refractivity contribution in [1.29, 1.82) is 0 Å². The molecule has 2 aromatic heterocycles. The summed E-state index contributed by atoms with van der Waals surface area (Å²) >= 11 is 0. The third kappa shape index (κ3) is 6.45. The lowest BCUT2D eigenvalue weighted by atomic mass is 10.0. The van der Waals surface area contributed by atoms with Crippen LogP contribution in [0, 0.1) is 6.92 Å². The lowest BCUT2D eigenvalue weighted by molar-refractivity contribution is -0.274. The molecule has 2 heterocycles. The maximum Gasteiger partial charge on any atom is 0.573 e. The number of ether oxygens (including phenoxy) is 2. The maximum absolute atomic E-state index is 13.5. The minimum atomic E-state index is -4.89. The predicted molar refractivity (Wildman–Crippen MR) is 145 cm³/mol. The van der Waals surface area contributed by atoms with Gasteiger partial charge in [-0.15, -0.1) is 18.3 Å². The van der Waals surface area contributed by atoms with Gasteiger partial charge in [-0.3, -0.25) is 0 Å². The van der Waals surface area contributed by atoms with Gasteiger partial charge in [0.1, 0.15) is 11.6 Å². The second-order valence-electron chi connectivity index (χ2n) is 9.40. The molecule has 0 spiro atoms. The van der Waals surface area contributed by atoms with E-state index in [0.717, 1.165) is 18.3 Å². The molecule has 230 valence electrons. The topological polar surface area (TPSA) is 101 Å². The summed E-state index contributed by atoms with van der Waals surface area (Å²) < 4.78 is 115. The molecule has 0 aliphatic rings. The van der Waals surface area contributed by atoms with Crippen LogP contribution >= 0.6 is 0 Å². The number of hydrogen-bond acceptors (Lipinski definition) is 7. The van der Waals surface area contributed by atoms with Crippen LogP contribution in [0.5, 0.6) is 5.75 Å². The summed E-state index contributed by atoms with van der Waals surface area (Å²) in [6.45, 7) is 1.39. The monoisotopic (exact) mass is 637 g/mol. The molecule has 3 aromatic carbocycles. The van der Waals surface area contributed by atoms with Gasteiger partial charge in [0.25, 0.3) is 0 Å². The van der Waals surface area contributed by atoms with Crippen LogP contribution in [0.2, 0.25) is 0 Å². The first-order chi connectivity index (χ1) is 20.7. The van der Waals surface area contributed by atoms with Gasteiger partial charge < -0.3 is 14.0 Å². The Labute approximate surface area is 246 Å². The number of aryl methyl sites for hydroxylation is 1. The van der Waals surface area contributed by atoms with Crippen molar-refractivity contribution in [3.05, 3.63) is 90.6 Å². The minimum absolute atomic E-state index is 0.00861. The molecule has 0 bridgehead atoms. The average molecular weight is 638 g/mol. The second kappa shape index (κ2) is 11.4. The zero-order chi connectivity index (χ0) is 31.9. The number of halogens is 6. The zero-order valence-corrected chi connectivity index (χ0v) is 23.6. The van der Waals surface area contributed by atoms with Gasteiger partial charge in [-0.05, 0) is 66.6 Å². The summed E-state index contributed by atoms with van der Waals surface area (Å²) in [6.07, 6.45) is -7.46. The Morgan fingerprint density at radius 2 is 1.55 bits per heavy atom. The molecule has 0 aliphatic heterocycles. The SMILES string of the molecule is COCS(=O)(=O)c1cccc(-c2ccc(-n3cc(C(F)(F)F)nc3C)c(-n3nncc3-c3ccc(OC(F)(F)F)cc3)c2)c1. The van der Waals surface area contributed by atoms with Crippen molar-refractivity contribution >= 4 is 9.84 Å². The van der Waals surface area contributed by atoms with Crippen molar-refractivity contribution in [3.8, 4) is 39.5 Å². The molecule has 0 saturated carbocycles. The first-order valence-electron chi connectivity index (χ1n) is 12.5. The Morgan fingerprint density at radius 1 is 0.864 bits per heavy atom. The van der Waals surface area contributed by atoms with Crippen molar-refractivity contribution in [3.63, 3.8) is 0 Å². The average Bonchev–Trinajstić information content (AvgIpc) is 3.59. The Morgan fingerprint density at radius 3 is 2.18 bits per heavy atom. The number of benzene rings is 3. The highest BCUT2D eigenvalue weighted by molar-refractivity contribution is 7.91. The van der Waals surface area contributed by atoms with E-state index in [1.807, 2.05) is 0 Å². The molecule has 0 N–H and O–H groups in total. The van der Waals surface area contributed by atoms with Crippen molar-refractivity contribution in [2.75, 3.05) is 13.0 Å². The molecule has 16 heteroatoms. The lowest BCUT2D eigenvalue weighted by Gasteiger charge is -2.16. The lowest BCUT2D eigenvalue weighted by Crippen LogP contribution is -2.16. The normalized spacial score (nSPS) is 12.5. The number of rotatable bonds is 8. The van der Waals surface area contributed by atoms with E-state index in [4.69, 9.17) is 4.74 Å². The number of nitrogens with zero attached hydrogens (tertiary/aromatic N) is 5. The van der Waals surface area contributed by atoms with E-state index in [1.54, 1.807) is 18.2 Å². The molecule has 44 heavy (non-hydrogen) atoms. The van der Waals surface area contributed by atoms with Crippen LogP contribution in [0.25, 0.3) is 33.8 Å². The summed E-state index contributed by atoms with van der Waals surface area (Å²) in [7, 11) is -2.52. The fraction of sp³-hybridized carbons (Fsp3) is 0.179. The van der Waals surface area contributed by atoms with Gasteiger partial charge in [-0.1, -0.05) is 23.4 Å². The molecular formula is C28H21F6N5O4S. The van der Waals surface area contributed by atoms with E-state index in [2.05, 4.69) is 20.0 Å². The maximum atomic E-state index is 13.5. The molecule has 0 fully saturated rings. The fourth-order valence-corrected chi connectivity index (χ4v) is 5.50. The van der Waals surface area contributed by atoms with Gasteiger partial charge in [0.05, 0.1) is 28.2 Å². The molecule has 0 saturated heterocycles. The van der Waals surface area contributed by atoms with Crippen LogP contribution < -0.4 is 4.74 Å². The molecule has 5 rings (SSSR count). The van der Waals surface area contributed by atoms with Crippen molar-refractivity contribution in [2.45, 2.75) is 24.4 Å². The molecule has 0 atom stereocenters. The molecule has 9 nitrogen and oxygen atoms in total. The highest BCUT2D eigenvalue weighted by Gasteiger charge is 2.35. The first-order valence-corrected chi connectivity index (χ1v) is 14.2. The number of imidazole rings is 1. The van der Waals surface area contributed by atoms with Crippen LogP contribution in [0.3, 0.4) is 0 Å². The van der Waals surface area contributed by atoms with Gasteiger partial charge in [-0.2, -0.15) is 13.2 Å². The number of aromatic nitrogens is 5. The van der Waals surface area contributed by atoms with E-state index in [0.29, 0.717) is 16.7 Å². The van der Waals surface area contributed by atoms with Crippen molar-refractivity contribution < 1.29 is 44.2 Å². The van der Waals surface area contributed by atoms with Crippen LogP contribution in [-0.2, 0) is 20.8 Å². The van der Waals surface area contributed by atoms with Crippen molar-refractivity contribution in [2.24, 2.45) is 0 Å². The summed E-state index contributed by atoms with van der Waals surface area (Å²) in [5.41, 5.74) is 0.886. The van der Waals surface area contributed by atoms with E-state index in [9.17, 15) is 34.8 Å². The fourth-order valence-electron chi connectivity index (χ4n) is 4.46. The third-order valence-electron chi connectivity index (χ3n) is 6.37. The summed E-state index contributed by atoms with van der Waals surface area (Å²) in [4.78, 5) is 3.64. The number of alkyl halides is 6. The van der Waals surface area contributed by atoms with E-state index < -0.39 is 39.8 Å². The van der Waals surface area contributed by atoms with Crippen LogP contribution in [0.15, 0.2) is 84.0 Å². The van der Waals surface area contributed by atoms with Crippen molar-refractivity contribution in [1.82, 2.24) is 24.5 Å². The Kier molecular flexibility index (Phi) is 7.98. The van der Waals surface area contributed by atoms with Crippen LogP contribution in [-0.4, -0.2) is 52.4 Å². The Bertz CT molecular complexity index is 1920. The highest BCUT2D eigenvalue weighted by Crippen LogP contribution is 2.35. The first kappa shape index (κ1) is 30.7. The Balaban J connectivity index is 1.67. The molecule has 0 aliphatic carbocycles. The summed E-state index contributed by atoms with van der Waals surface area (Å²) in [5, 5.41) is 8.05. The third-order valence-corrected chi connectivity index (χ3v) is 7.89. The quantitative estimate of drug-likeness (QED) is 0.182. The van der Waals surface area contributed by atoms with E-state index in [1.165, 1.54) is 65.9 Å². The van der Waals surface area contributed by atoms with Gasteiger partial charge in [0.15, 0.2) is 11.6 Å². The number of hydrogen-bond donors (Lipinski definition) is 0. The molecule has 5 aromatic rings. The van der Waals surface area contributed by atoms with Gasteiger partial charge in [0.2, 0.25) is 9.84 Å². The zero-order valence-electron chi connectivity index (χ0n) is 22.8. The molecule has 0 unspecified atom stereocenters. The minimum Gasteiger partial charge on any atom is -0.406 e. The van der Waals surface area contributed by atoms with Gasteiger partial charge >= 0.3 is 12.5 Å². The van der Waals surface area contributed by atoms with E-state index in [-0.39, 0.29) is 27.8 Å². The largest absolute Gasteiger partial charge is 0.573 e. The summed E-state index contributed by atoms with van der Waals surface area (Å²) in [5.74, 6) is -0.994. The predicted octanol–water partition coefficient (Wildman–Crippen LogP) is 6.39. The van der Waals surface area contributed by atoms with Crippen LogP contribution in [0.4, 0.5) is 26.3 Å². The van der Waals surface area contributed by atoms with Gasteiger partial charge in [0, 0.05) is 18.9 Å². The Hall–Kier alpha value is -4.70. The van der Waals surface area contributed by atoms with Crippen LogP contribution in [0.1, 0.15) is 11.5 Å². The summed E-state index contributed by atoms with van der Waals surface area (Å²) in [6, 6.07) is 15.6. The number of sulfone groups is 1. The second-order valence-corrected chi connectivity index (χ2v) is 11.3.